The highest BCUT2D eigenvalue weighted by molar-refractivity contribution is 9.10. The molecule has 1 heterocycles. The molecule has 0 saturated heterocycles. The van der Waals surface area contributed by atoms with E-state index in [1.165, 1.54) is 11.3 Å². The van der Waals surface area contributed by atoms with Gasteiger partial charge in [-0.15, -0.1) is 11.3 Å². The summed E-state index contributed by atoms with van der Waals surface area (Å²) in [5, 5.41) is 5.49. The summed E-state index contributed by atoms with van der Waals surface area (Å²) in [6.07, 6.45) is 0. The van der Waals surface area contributed by atoms with Gasteiger partial charge in [0.15, 0.2) is 0 Å². The van der Waals surface area contributed by atoms with E-state index in [4.69, 9.17) is 0 Å². The highest BCUT2D eigenvalue weighted by Gasteiger charge is 2.12. The number of hydrogen-bond donors (Lipinski definition) is 2. The Kier molecular flexibility index (Phi) is 5.74. The second-order valence-electron chi connectivity index (χ2n) is 4.93. The molecule has 0 aliphatic carbocycles. The van der Waals surface area contributed by atoms with E-state index in [0.717, 1.165) is 14.9 Å². The Bertz CT molecular complexity index is 667. The van der Waals surface area contributed by atoms with Crippen molar-refractivity contribution in [1.29, 1.82) is 0 Å². The van der Waals surface area contributed by atoms with Gasteiger partial charge in [-0.05, 0) is 43.7 Å². The fraction of sp³-hybridized carbons (Fsp3) is 0.250. The lowest BCUT2D eigenvalue weighted by molar-refractivity contribution is -0.120. The fourth-order valence-corrected chi connectivity index (χ4v) is 2.98. The van der Waals surface area contributed by atoms with Crippen molar-refractivity contribution < 1.29 is 9.59 Å². The van der Waals surface area contributed by atoms with Gasteiger partial charge >= 0.3 is 0 Å². The highest BCUT2D eigenvalue weighted by Crippen LogP contribution is 2.16. The molecule has 2 aromatic rings. The van der Waals surface area contributed by atoms with E-state index < -0.39 is 0 Å². The maximum absolute atomic E-state index is 11.9. The SMILES string of the molecule is Cc1ccc(C(=O)NCC(=O)NC(C)c2ccc(Br)cc2)s1. The molecule has 6 heteroatoms. The molecule has 2 N–H and O–H groups in total. The Morgan fingerprint density at radius 3 is 2.45 bits per heavy atom. The third-order valence-corrected chi connectivity index (χ3v) is 4.65. The molecule has 1 atom stereocenters. The maximum atomic E-state index is 11.9. The van der Waals surface area contributed by atoms with Crippen LogP contribution in [0.3, 0.4) is 0 Å². The number of benzene rings is 1. The third-order valence-electron chi connectivity index (χ3n) is 3.12. The van der Waals surface area contributed by atoms with Crippen LogP contribution in [0.25, 0.3) is 0 Å². The number of amides is 2. The van der Waals surface area contributed by atoms with E-state index in [-0.39, 0.29) is 24.4 Å². The van der Waals surface area contributed by atoms with Crippen molar-refractivity contribution in [3.05, 3.63) is 56.2 Å². The van der Waals surface area contributed by atoms with Crippen LogP contribution in [-0.2, 0) is 4.79 Å². The van der Waals surface area contributed by atoms with Gasteiger partial charge in [-0.3, -0.25) is 9.59 Å². The average Bonchev–Trinajstić information content (AvgIpc) is 2.92. The van der Waals surface area contributed by atoms with Crippen molar-refractivity contribution in [2.24, 2.45) is 0 Å². The molecule has 0 bridgehead atoms. The Hall–Kier alpha value is -1.66. The first-order chi connectivity index (χ1) is 10.5. The highest BCUT2D eigenvalue weighted by atomic mass is 79.9. The number of halogens is 1. The molecular formula is C16H17BrN2O2S. The molecule has 0 saturated carbocycles. The molecule has 4 nitrogen and oxygen atoms in total. The molecule has 2 amide bonds. The van der Waals surface area contributed by atoms with Gasteiger partial charge in [0.2, 0.25) is 5.91 Å². The summed E-state index contributed by atoms with van der Waals surface area (Å²) in [4.78, 5) is 25.5. The van der Waals surface area contributed by atoms with Crippen molar-refractivity contribution in [1.82, 2.24) is 10.6 Å². The zero-order chi connectivity index (χ0) is 16.1. The number of carbonyl (C=O) groups is 2. The van der Waals surface area contributed by atoms with Crippen molar-refractivity contribution in [3.63, 3.8) is 0 Å². The molecule has 22 heavy (non-hydrogen) atoms. The van der Waals surface area contributed by atoms with Gasteiger partial charge in [-0.1, -0.05) is 28.1 Å². The summed E-state index contributed by atoms with van der Waals surface area (Å²) in [6.45, 7) is 3.82. The molecule has 0 fully saturated rings. The van der Waals surface area contributed by atoms with Crippen LogP contribution in [0.1, 0.15) is 33.1 Å². The minimum atomic E-state index is -0.218. The zero-order valence-corrected chi connectivity index (χ0v) is 14.8. The van der Waals surface area contributed by atoms with Crippen LogP contribution in [0.5, 0.6) is 0 Å². The molecule has 0 spiro atoms. The summed E-state index contributed by atoms with van der Waals surface area (Å²) in [6, 6.07) is 11.3. The maximum Gasteiger partial charge on any atom is 0.261 e. The van der Waals surface area contributed by atoms with E-state index in [2.05, 4.69) is 26.6 Å². The minimum Gasteiger partial charge on any atom is -0.348 e. The topological polar surface area (TPSA) is 58.2 Å². The number of nitrogens with one attached hydrogen (secondary N) is 2. The monoisotopic (exact) mass is 380 g/mol. The molecule has 1 aromatic heterocycles. The van der Waals surface area contributed by atoms with Gasteiger partial charge in [0.25, 0.3) is 5.91 Å². The first-order valence-corrected chi connectivity index (χ1v) is 8.46. The standard InChI is InChI=1S/C16H17BrN2O2S/c1-10-3-8-14(22-10)16(21)18-9-15(20)19-11(2)12-4-6-13(17)7-5-12/h3-8,11H,9H2,1-2H3,(H,18,21)(H,19,20). The summed E-state index contributed by atoms with van der Waals surface area (Å²) in [5.74, 6) is -0.429. The molecular weight excluding hydrogens is 364 g/mol. The second-order valence-corrected chi connectivity index (χ2v) is 7.14. The number of hydrogen-bond acceptors (Lipinski definition) is 3. The molecule has 1 unspecified atom stereocenters. The molecule has 116 valence electrons. The van der Waals surface area contributed by atoms with Crippen LogP contribution in [0.4, 0.5) is 0 Å². The van der Waals surface area contributed by atoms with Gasteiger partial charge in [-0.2, -0.15) is 0 Å². The molecule has 0 radical (unpaired) electrons. The van der Waals surface area contributed by atoms with Crippen molar-refractivity contribution in [3.8, 4) is 0 Å². The number of aryl methyl sites for hydroxylation is 1. The Labute approximate surface area is 142 Å². The number of rotatable bonds is 5. The molecule has 1 aromatic carbocycles. The minimum absolute atomic E-state index is 0.0311. The second kappa shape index (κ2) is 7.56. The average molecular weight is 381 g/mol. The van der Waals surface area contributed by atoms with Gasteiger partial charge in [0.05, 0.1) is 17.5 Å². The van der Waals surface area contributed by atoms with Gasteiger partial charge in [0, 0.05) is 9.35 Å². The van der Waals surface area contributed by atoms with Gasteiger partial charge in [-0.25, -0.2) is 0 Å². The van der Waals surface area contributed by atoms with E-state index >= 15 is 0 Å². The predicted molar refractivity (Wildman–Crippen MR) is 92.1 cm³/mol. The Morgan fingerprint density at radius 1 is 1.18 bits per heavy atom. The largest absolute Gasteiger partial charge is 0.348 e. The van der Waals surface area contributed by atoms with Gasteiger partial charge in [0.1, 0.15) is 0 Å². The lowest BCUT2D eigenvalue weighted by atomic mass is 10.1. The molecule has 0 aliphatic heterocycles. The molecule has 0 aliphatic rings. The first kappa shape index (κ1) is 16.7. The van der Waals surface area contributed by atoms with Crippen molar-refractivity contribution in [2.75, 3.05) is 6.54 Å². The quantitative estimate of drug-likeness (QED) is 0.834. The zero-order valence-electron chi connectivity index (χ0n) is 12.4. The van der Waals surface area contributed by atoms with Crippen molar-refractivity contribution in [2.45, 2.75) is 19.9 Å². The van der Waals surface area contributed by atoms with Gasteiger partial charge < -0.3 is 10.6 Å². The summed E-state index contributed by atoms with van der Waals surface area (Å²) < 4.78 is 0.994. The predicted octanol–water partition coefficient (Wildman–Crippen LogP) is 3.43. The van der Waals surface area contributed by atoms with E-state index in [1.807, 2.05) is 44.2 Å². The van der Waals surface area contributed by atoms with Crippen LogP contribution in [0.2, 0.25) is 0 Å². The van der Waals surface area contributed by atoms with E-state index in [9.17, 15) is 9.59 Å². The summed E-state index contributed by atoms with van der Waals surface area (Å²) in [7, 11) is 0. The van der Waals surface area contributed by atoms with E-state index in [0.29, 0.717) is 4.88 Å². The Morgan fingerprint density at radius 2 is 1.86 bits per heavy atom. The summed E-state index contributed by atoms with van der Waals surface area (Å²) in [5.41, 5.74) is 1.01. The summed E-state index contributed by atoms with van der Waals surface area (Å²) >= 11 is 4.79. The number of thiophene rings is 1. The first-order valence-electron chi connectivity index (χ1n) is 6.85. The lowest BCUT2D eigenvalue weighted by Gasteiger charge is -2.14. The van der Waals surface area contributed by atoms with Crippen molar-refractivity contribution >= 4 is 39.1 Å². The lowest BCUT2D eigenvalue weighted by Crippen LogP contribution is -2.37. The van der Waals surface area contributed by atoms with E-state index in [1.54, 1.807) is 6.07 Å². The van der Waals surface area contributed by atoms with Crippen LogP contribution >= 0.6 is 27.3 Å². The third kappa shape index (κ3) is 4.68. The van der Waals surface area contributed by atoms with Crippen LogP contribution in [0, 0.1) is 6.92 Å². The number of carbonyl (C=O) groups excluding carboxylic acids is 2. The normalized spacial score (nSPS) is 11.8. The smallest absolute Gasteiger partial charge is 0.261 e. The van der Waals surface area contributed by atoms with Crippen LogP contribution in [-0.4, -0.2) is 18.4 Å². The Balaban J connectivity index is 1.82. The molecule has 2 rings (SSSR count). The fourth-order valence-electron chi connectivity index (χ4n) is 1.93. The van der Waals surface area contributed by atoms with Crippen LogP contribution in [0.15, 0.2) is 40.9 Å². The van der Waals surface area contributed by atoms with Crippen LogP contribution < -0.4 is 10.6 Å².